The maximum absolute atomic E-state index is 13.0. The third-order valence-electron chi connectivity index (χ3n) is 4.84. The second kappa shape index (κ2) is 8.14. The zero-order chi connectivity index (χ0) is 18.6. The summed E-state index contributed by atoms with van der Waals surface area (Å²) < 4.78 is 32.4. The monoisotopic (exact) mass is 369 g/mol. The largest absolute Gasteiger partial charge is 0.360 e. The van der Waals surface area contributed by atoms with Gasteiger partial charge in [-0.1, -0.05) is 24.6 Å². The summed E-state index contributed by atoms with van der Waals surface area (Å²) in [5.74, 6) is 0.645. The van der Waals surface area contributed by atoms with Crippen LogP contribution >= 0.6 is 0 Å². The number of hydrogen-bond acceptors (Lipinski definition) is 5. The number of carbonyl (C=O) groups is 1. The Labute approximate surface area is 149 Å². The molecular formula is C17H27N3O4S. The molecule has 1 fully saturated rings. The average Bonchev–Trinajstić information content (AvgIpc) is 2.92. The second-order valence-corrected chi connectivity index (χ2v) is 8.41. The number of piperidine rings is 1. The number of aromatic nitrogens is 1. The Morgan fingerprint density at radius 2 is 2.16 bits per heavy atom. The number of aryl methyl sites for hydroxylation is 2. The fraction of sp³-hybridized carbons (Fsp3) is 0.647. The van der Waals surface area contributed by atoms with Crippen LogP contribution in [0.1, 0.15) is 37.6 Å². The van der Waals surface area contributed by atoms with E-state index in [1.54, 1.807) is 19.9 Å². The van der Waals surface area contributed by atoms with Crippen molar-refractivity contribution >= 4 is 15.9 Å². The molecule has 1 amide bonds. The Morgan fingerprint density at radius 1 is 1.44 bits per heavy atom. The second-order valence-electron chi connectivity index (χ2n) is 6.53. The first kappa shape index (κ1) is 19.7. The van der Waals surface area contributed by atoms with E-state index in [1.807, 2.05) is 6.92 Å². The lowest BCUT2D eigenvalue weighted by atomic mass is 9.82. The molecule has 1 N–H and O–H groups in total. The number of nitrogens with zero attached hydrogens (tertiary/aromatic N) is 2. The van der Waals surface area contributed by atoms with Gasteiger partial charge in [-0.2, -0.15) is 4.31 Å². The van der Waals surface area contributed by atoms with Gasteiger partial charge in [0.25, 0.3) is 0 Å². The fourth-order valence-electron chi connectivity index (χ4n) is 3.47. The molecule has 8 heteroatoms. The summed E-state index contributed by atoms with van der Waals surface area (Å²) in [7, 11) is -3.63. The maximum atomic E-state index is 13.0. The molecule has 1 aromatic rings. The molecule has 1 aromatic heterocycles. The highest BCUT2D eigenvalue weighted by Gasteiger charge is 2.38. The molecule has 1 aliphatic heterocycles. The number of carbonyl (C=O) groups excluding carboxylic acids is 1. The zero-order valence-electron chi connectivity index (χ0n) is 15.1. The Morgan fingerprint density at radius 3 is 2.72 bits per heavy atom. The molecule has 0 aromatic carbocycles. The normalized spacial score (nSPS) is 21.9. The van der Waals surface area contributed by atoms with Crippen LogP contribution in [0.4, 0.5) is 0 Å². The van der Waals surface area contributed by atoms with Crippen LogP contribution in [-0.4, -0.2) is 43.4 Å². The highest BCUT2D eigenvalue weighted by atomic mass is 32.2. The van der Waals surface area contributed by atoms with Crippen molar-refractivity contribution in [2.75, 3.05) is 19.6 Å². The molecular weight excluding hydrogens is 342 g/mol. The molecule has 1 aliphatic rings. The molecule has 140 valence electrons. The highest BCUT2D eigenvalue weighted by Crippen LogP contribution is 2.33. The number of hydrogen-bond donors (Lipinski definition) is 1. The van der Waals surface area contributed by atoms with E-state index in [-0.39, 0.29) is 22.6 Å². The van der Waals surface area contributed by atoms with E-state index >= 15 is 0 Å². The Bertz CT molecular complexity index is 707. The topological polar surface area (TPSA) is 92.5 Å². The van der Waals surface area contributed by atoms with Crippen LogP contribution in [0.2, 0.25) is 0 Å². The summed E-state index contributed by atoms with van der Waals surface area (Å²) in [6.07, 6.45) is 3.56. The maximum Gasteiger partial charge on any atom is 0.248 e. The number of rotatable bonds is 7. The summed E-state index contributed by atoms with van der Waals surface area (Å²) in [5.41, 5.74) is 0.386. The van der Waals surface area contributed by atoms with Gasteiger partial charge in [0.1, 0.15) is 10.6 Å². The molecule has 2 heterocycles. The van der Waals surface area contributed by atoms with E-state index in [9.17, 15) is 13.2 Å². The molecule has 0 bridgehead atoms. The van der Waals surface area contributed by atoms with Crippen molar-refractivity contribution in [2.24, 2.45) is 11.8 Å². The highest BCUT2D eigenvalue weighted by molar-refractivity contribution is 7.89. The number of nitrogens with one attached hydrogen (secondary N) is 1. The van der Waals surface area contributed by atoms with Gasteiger partial charge in [0, 0.05) is 26.1 Å². The van der Waals surface area contributed by atoms with Crippen LogP contribution < -0.4 is 5.32 Å². The van der Waals surface area contributed by atoms with E-state index in [0.29, 0.717) is 43.9 Å². The molecule has 0 spiro atoms. The molecule has 0 unspecified atom stereocenters. The summed E-state index contributed by atoms with van der Waals surface area (Å²) in [4.78, 5) is 12.1. The number of sulfonamides is 1. The van der Waals surface area contributed by atoms with Gasteiger partial charge in [-0.15, -0.1) is 6.58 Å². The first-order valence-corrected chi connectivity index (χ1v) is 10.1. The lowest BCUT2D eigenvalue weighted by Gasteiger charge is -2.37. The molecule has 1 saturated heterocycles. The standard InChI is InChI=1S/C17H27N3O4S/c1-5-8-18-16(21)10-15-7-9-20(11-14(15)6-2)25(22,23)17-12(3)19-24-13(17)4/h5,14-15H,1,6-11H2,2-4H3,(H,18,21)/t14-,15+/m1/s1. The van der Waals surface area contributed by atoms with E-state index < -0.39 is 10.0 Å². The predicted molar refractivity (Wildman–Crippen MR) is 94.4 cm³/mol. The molecule has 0 saturated carbocycles. The van der Waals surface area contributed by atoms with Crippen molar-refractivity contribution in [3.63, 3.8) is 0 Å². The zero-order valence-corrected chi connectivity index (χ0v) is 15.9. The van der Waals surface area contributed by atoms with Gasteiger partial charge in [-0.25, -0.2) is 8.42 Å². The van der Waals surface area contributed by atoms with Crippen molar-refractivity contribution in [3.05, 3.63) is 24.1 Å². The Balaban J connectivity index is 2.10. The van der Waals surface area contributed by atoms with Crippen LogP contribution in [-0.2, 0) is 14.8 Å². The molecule has 2 rings (SSSR count). The first-order chi connectivity index (χ1) is 11.8. The fourth-order valence-corrected chi connectivity index (χ4v) is 5.27. The average molecular weight is 369 g/mol. The minimum absolute atomic E-state index is 0.00891. The summed E-state index contributed by atoms with van der Waals surface area (Å²) in [5, 5.41) is 6.55. The summed E-state index contributed by atoms with van der Waals surface area (Å²) >= 11 is 0. The van der Waals surface area contributed by atoms with E-state index in [1.165, 1.54) is 4.31 Å². The third kappa shape index (κ3) is 4.30. The summed E-state index contributed by atoms with van der Waals surface area (Å²) in [6.45, 7) is 10.1. The van der Waals surface area contributed by atoms with Crippen molar-refractivity contribution in [1.82, 2.24) is 14.8 Å². The first-order valence-electron chi connectivity index (χ1n) is 8.61. The van der Waals surface area contributed by atoms with Crippen molar-refractivity contribution in [3.8, 4) is 0 Å². The molecule has 25 heavy (non-hydrogen) atoms. The third-order valence-corrected chi connectivity index (χ3v) is 6.95. The van der Waals surface area contributed by atoms with Gasteiger partial charge in [-0.3, -0.25) is 4.79 Å². The summed E-state index contributed by atoms with van der Waals surface area (Å²) in [6, 6.07) is 0. The van der Waals surface area contributed by atoms with Crippen molar-refractivity contribution < 1.29 is 17.7 Å². The minimum atomic E-state index is -3.63. The van der Waals surface area contributed by atoms with Crippen LogP contribution in [0.3, 0.4) is 0 Å². The van der Waals surface area contributed by atoms with Gasteiger partial charge in [-0.05, 0) is 32.1 Å². The van der Waals surface area contributed by atoms with Gasteiger partial charge in [0.15, 0.2) is 5.76 Å². The Hall–Kier alpha value is -1.67. The molecule has 0 aliphatic carbocycles. The van der Waals surface area contributed by atoms with Gasteiger partial charge in [0.05, 0.1) is 0 Å². The molecule has 7 nitrogen and oxygen atoms in total. The Kier molecular flexibility index (Phi) is 6.40. The smallest absolute Gasteiger partial charge is 0.248 e. The van der Waals surface area contributed by atoms with Crippen LogP contribution in [0.15, 0.2) is 22.1 Å². The molecule has 0 radical (unpaired) electrons. The van der Waals surface area contributed by atoms with E-state index in [4.69, 9.17) is 4.52 Å². The van der Waals surface area contributed by atoms with Crippen molar-refractivity contribution in [1.29, 1.82) is 0 Å². The van der Waals surface area contributed by atoms with Crippen molar-refractivity contribution in [2.45, 2.75) is 44.9 Å². The SMILES string of the molecule is C=CCNC(=O)C[C@@H]1CCN(S(=O)(=O)c2c(C)noc2C)C[C@H]1CC. The van der Waals surface area contributed by atoms with E-state index in [2.05, 4.69) is 17.1 Å². The van der Waals surface area contributed by atoms with Crippen LogP contribution in [0.25, 0.3) is 0 Å². The minimum Gasteiger partial charge on any atom is -0.360 e. The van der Waals surface area contributed by atoms with E-state index in [0.717, 1.165) is 6.42 Å². The van der Waals surface area contributed by atoms with Gasteiger partial charge >= 0.3 is 0 Å². The lowest BCUT2D eigenvalue weighted by Crippen LogP contribution is -2.45. The van der Waals surface area contributed by atoms with Crippen LogP contribution in [0, 0.1) is 25.7 Å². The van der Waals surface area contributed by atoms with Crippen LogP contribution in [0.5, 0.6) is 0 Å². The predicted octanol–water partition coefficient (Wildman–Crippen LogP) is 2.02. The van der Waals surface area contributed by atoms with Gasteiger partial charge < -0.3 is 9.84 Å². The lowest BCUT2D eigenvalue weighted by molar-refractivity contribution is -0.122. The number of amides is 1. The van der Waals surface area contributed by atoms with Gasteiger partial charge in [0.2, 0.25) is 15.9 Å². The quantitative estimate of drug-likeness (QED) is 0.742. The molecule has 2 atom stereocenters.